The minimum absolute atomic E-state index is 0.193. The highest BCUT2D eigenvalue weighted by Crippen LogP contribution is 2.24. The monoisotopic (exact) mass is 502 g/mol. The molecule has 20 heavy (non-hydrogen) atoms. The number of anilines is 2. The Kier molecular flexibility index (Phi) is 7.19. The van der Waals surface area contributed by atoms with Crippen LogP contribution in [-0.4, -0.2) is 33.7 Å². The lowest BCUT2D eigenvalue weighted by atomic mass is 10.1. The number of ether oxygens (including phenoxy) is 1. The van der Waals surface area contributed by atoms with Crippen LogP contribution in [-0.2, 0) is 14.3 Å². The highest BCUT2D eigenvalue weighted by molar-refractivity contribution is 14.1. The average Bonchev–Trinajstić information content (AvgIpc) is 2.47. The van der Waals surface area contributed by atoms with Gasteiger partial charge in [0.25, 0.3) is 0 Å². The van der Waals surface area contributed by atoms with Crippen LogP contribution in [0.5, 0.6) is 0 Å². The molecule has 0 unspecified atom stereocenters. The summed E-state index contributed by atoms with van der Waals surface area (Å²) in [5, 5.41) is 5.30. The maximum absolute atomic E-state index is 11.5. The van der Waals surface area contributed by atoms with Gasteiger partial charge in [-0.2, -0.15) is 0 Å². The first-order valence-electron chi connectivity index (χ1n) is 5.45. The summed E-state index contributed by atoms with van der Waals surface area (Å²) < 4.78 is 5.17. The van der Waals surface area contributed by atoms with Gasteiger partial charge in [0, 0.05) is 0 Å². The molecule has 0 bridgehead atoms. The normalized spacial score (nSPS) is 9.75. The van der Waals surface area contributed by atoms with E-state index >= 15 is 0 Å². The van der Waals surface area contributed by atoms with Crippen molar-refractivity contribution in [3.8, 4) is 0 Å². The second kappa shape index (κ2) is 8.39. The minimum atomic E-state index is -0.512. The summed E-state index contributed by atoms with van der Waals surface area (Å²) in [6, 6.07) is 4.55. The van der Waals surface area contributed by atoms with E-state index in [-0.39, 0.29) is 20.7 Å². The maximum Gasteiger partial charge on any atom is 0.337 e. The summed E-state index contributed by atoms with van der Waals surface area (Å²) in [7, 11) is 1.27. The Labute approximate surface area is 143 Å². The Balaban J connectivity index is 3.12. The van der Waals surface area contributed by atoms with E-state index in [0.717, 1.165) is 0 Å². The van der Waals surface area contributed by atoms with Gasteiger partial charge >= 0.3 is 5.97 Å². The van der Waals surface area contributed by atoms with Crippen molar-refractivity contribution in [1.82, 2.24) is 0 Å². The van der Waals surface area contributed by atoms with Crippen LogP contribution in [0.3, 0.4) is 0 Å². The SMILES string of the molecule is COC(=O)c1ccc(NC(=O)CI)c(NC(=O)CI)c1. The average molecular weight is 502 g/mol. The lowest BCUT2D eigenvalue weighted by Crippen LogP contribution is -2.18. The van der Waals surface area contributed by atoms with Crippen LogP contribution in [0.2, 0.25) is 0 Å². The van der Waals surface area contributed by atoms with Crippen LogP contribution in [0.1, 0.15) is 10.4 Å². The molecule has 0 aliphatic carbocycles. The van der Waals surface area contributed by atoms with Gasteiger partial charge in [0.15, 0.2) is 0 Å². The van der Waals surface area contributed by atoms with Gasteiger partial charge in [0.05, 0.1) is 32.9 Å². The number of methoxy groups -OCH3 is 1. The van der Waals surface area contributed by atoms with Crippen molar-refractivity contribution in [2.75, 3.05) is 26.6 Å². The molecule has 2 N–H and O–H groups in total. The molecule has 2 amide bonds. The van der Waals surface area contributed by atoms with Crippen molar-refractivity contribution in [3.63, 3.8) is 0 Å². The molecule has 0 aromatic heterocycles. The number of hydrogen-bond donors (Lipinski definition) is 2. The number of benzene rings is 1. The van der Waals surface area contributed by atoms with Crippen molar-refractivity contribution in [2.45, 2.75) is 0 Å². The number of hydrogen-bond acceptors (Lipinski definition) is 4. The molecule has 8 heteroatoms. The first kappa shape index (κ1) is 17.1. The van der Waals surface area contributed by atoms with Crippen molar-refractivity contribution in [3.05, 3.63) is 23.8 Å². The molecule has 108 valence electrons. The van der Waals surface area contributed by atoms with Gasteiger partial charge < -0.3 is 15.4 Å². The molecule has 0 heterocycles. The van der Waals surface area contributed by atoms with E-state index in [1.54, 1.807) is 6.07 Å². The molecule has 1 aromatic carbocycles. The first-order chi connectivity index (χ1) is 9.51. The highest BCUT2D eigenvalue weighted by atomic mass is 127. The van der Waals surface area contributed by atoms with Gasteiger partial charge in [-0.1, -0.05) is 45.2 Å². The number of carbonyl (C=O) groups is 3. The summed E-state index contributed by atoms with van der Waals surface area (Å²) in [5.41, 5.74) is 1.11. The largest absolute Gasteiger partial charge is 0.465 e. The highest BCUT2D eigenvalue weighted by Gasteiger charge is 2.13. The molecule has 0 fully saturated rings. The molecule has 0 spiro atoms. The Morgan fingerprint density at radius 3 is 2.10 bits per heavy atom. The van der Waals surface area contributed by atoms with Crippen molar-refractivity contribution < 1.29 is 19.1 Å². The summed E-state index contributed by atoms with van der Waals surface area (Å²) in [4.78, 5) is 34.4. The topological polar surface area (TPSA) is 84.5 Å². The van der Waals surface area contributed by atoms with Gasteiger partial charge in [-0.05, 0) is 18.2 Å². The number of halogens is 2. The molecule has 6 nitrogen and oxygen atoms in total. The summed E-state index contributed by atoms with van der Waals surface area (Å²) in [6.07, 6.45) is 0. The maximum atomic E-state index is 11.5. The summed E-state index contributed by atoms with van der Waals surface area (Å²) >= 11 is 3.86. The van der Waals surface area contributed by atoms with Crippen LogP contribution in [0.25, 0.3) is 0 Å². The molecule has 0 radical (unpaired) electrons. The molecule has 1 aromatic rings. The number of esters is 1. The van der Waals surface area contributed by atoms with E-state index in [2.05, 4.69) is 15.4 Å². The van der Waals surface area contributed by atoms with Crippen LogP contribution in [0, 0.1) is 0 Å². The standard InChI is InChI=1S/C12H12I2N2O4/c1-20-12(19)7-2-3-8(15-10(17)5-13)9(4-7)16-11(18)6-14/h2-4H,5-6H2,1H3,(H,15,17)(H,16,18). The van der Waals surface area contributed by atoms with E-state index in [1.165, 1.54) is 19.2 Å². The zero-order valence-electron chi connectivity index (χ0n) is 10.5. The Morgan fingerprint density at radius 2 is 1.60 bits per heavy atom. The lowest BCUT2D eigenvalue weighted by molar-refractivity contribution is -0.114. The molecular formula is C12H12I2N2O4. The smallest absolute Gasteiger partial charge is 0.337 e. The van der Waals surface area contributed by atoms with Crippen LogP contribution < -0.4 is 10.6 Å². The fourth-order valence-corrected chi connectivity index (χ4v) is 1.75. The number of nitrogens with one attached hydrogen (secondary N) is 2. The Bertz CT molecular complexity index is 534. The zero-order valence-corrected chi connectivity index (χ0v) is 14.9. The second-order valence-electron chi connectivity index (χ2n) is 3.62. The number of rotatable bonds is 5. The van der Waals surface area contributed by atoms with E-state index in [0.29, 0.717) is 16.9 Å². The second-order valence-corrected chi connectivity index (χ2v) is 5.14. The fraction of sp³-hybridized carbons (Fsp3) is 0.250. The molecule has 0 saturated heterocycles. The summed E-state index contributed by atoms with van der Waals surface area (Å²) in [6.45, 7) is 0. The lowest BCUT2D eigenvalue weighted by Gasteiger charge is -2.12. The molecule has 0 saturated carbocycles. The predicted molar refractivity (Wildman–Crippen MR) is 92.8 cm³/mol. The van der Waals surface area contributed by atoms with Crippen LogP contribution >= 0.6 is 45.2 Å². The third-order valence-electron chi connectivity index (χ3n) is 2.23. The Morgan fingerprint density at radius 1 is 1.05 bits per heavy atom. The Hall–Kier alpha value is -0.910. The molecule has 0 aliphatic rings. The van der Waals surface area contributed by atoms with E-state index in [9.17, 15) is 14.4 Å². The molecule has 1 rings (SSSR count). The zero-order chi connectivity index (χ0) is 15.1. The van der Waals surface area contributed by atoms with Gasteiger partial charge in [-0.3, -0.25) is 9.59 Å². The van der Waals surface area contributed by atoms with Gasteiger partial charge in [-0.25, -0.2) is 4.79 Å². The van der Waals surface area contributed by atoms with Crippen molar-refractivity contribution >= 4 is 74.3 Å². The van der Waals surface area contributed by atoms with E-state index < -0.39 is 5.97 Å². The van der Waals surface area contributed by atoms with Gasteiger partial charge in [0.1, 0.15) is 0 Å². The molecular weight excluding hydrogens is 490 g/mol. The minimum Gasteiger partial charge on any atom is -0.465 e. The van der Waals surface area contributed by atoms with E-state index in [4.69, 9.17) is 0 Å². The third-order valence-corrected chi connectivity index (χ3v) is 3.62. The number of amides is 2. The fourth-order valence-electron chi connectivity index (χ4n) is 1.37. The van der Waals surface area contributed by atoms with Crippen LogP contribution in [0.4, 0.5) is 11.4 Å². The quantitative estimate of drug-likeness (QED) is 0.368. The van der Waals surface area contributed by atoms with Crippen molar-refractivity contribution in [1.29, 1.82) is 0 Å². The van der Waals surface area contributed by atoms with E-state index in [1.807, 2.05) is 45.2 Å². The number of carbonyl (C=O) groups excluding carboxylic acids is 3. The molecule has 0 aliphatic heterocycles. The first-order valence-corrected chi connectivity index (χ1v) is 8.51. The third kappa shape index (κ3) is 4.89. The van der Waals surface area contributed by atoms with Gasteiger partial charge in [-0.15, -0.1) is 0 Å². The van der Waals surface area contributed by atoms with Crippen molar-refractivity contribution in [2.24, 2.45) is 0 Å². The number of alkyl halides is 2. The van der Waals surface area contributed by atoms with Crippen LogP contribution in [0.15, 0.2) is 18.2 Å². The summed E-state index contributed by atoms with van der Waals surface area (Å²) in [5.74, 6) is -0.930. The predicted octanol–water partition coefficient (Wildman–Crippen LogP) is 2.22. The molecule has 0 atom stereocenters. The van der Waals surface area contributed by atoms with Gasteiger partial charge in [0.2, 0.25) is 11.8 Å².